The molecule has 0 saturated carbocycles. The van der Waals surface area contributed by atoms with Crippen molar-refractivity contribution in [3.05, 3.63) is 35.5 Å². The summed E-state index contributed by atoms with van der Waals surface area (Å²) < 4.78 is 39.9. The lowest BCUT2D eigenvalue weighted by Crippen LogP contribution is -2.16. The zero-order valence-corrected chi connectivity index (χ0v) is 12.8. The highest BCUT2D eigenvalue weighted by molar-refractivity contribution is 6.05. The van der Waals surface area contributed by atoms with E-state index < -0.39 is 17.6 Å². The Kier molecular flexibility index (Phi) is 3.74. The Labute approximate surface area is 134 Å². The number of alkyl halides is 3. The monoisotopic (exact) mass is 338 g/mol. The van der Waals surface area contributed by atoms with Crippen LogP contribution in [-0.4, -0.2) is 30.7 Å². The maximum absolute atomic E-state index is 12.8. The summed E-state index contributed by atoms with van der Waals surface area (Å²) in [6, 6.07) is 4.72. The zero-order chi connectivity index (χ0) is 17.5. The fourth-order valence-corrected chi connectivity index (χ4v) is 2.34. The first-order valence-corrected chi connectivity index (χ1v) is 7.05. The van der Waals surface area contributed by atoms with Crippen LogP contribution in [0.2, 0.25) is 0 Å². The van der Waals surface area contributed by atoms with Crippen molar-refractivity contribution in [1.29, 1.82) is 0 Å². The lowest BCUT2D eigenvalue weighted by atomic mass is 10.1. The smallest absolute Gasteiger partial charge is 0.340 e. The highest BCUT2D eigenvalue weighted by Crippen LogP contribution is 2.32. The van der Waals surface area contributed by atoms with E-state index in [0.29, 0.717) is 17.4 Å². The fourth-order valence-electron chi connectivity index (χ4n) is 2.34. The van der Waals surface area contributed by atoms with Crippen LogP contribution < -0.4 is 5.32 Å². The Bertz CT molecular complexity index is 911. The molecule has 0 aliphatic carbocycles. The molecule has 0 aliphatic heterocycles. The van der Waals surface area contributed by atoms with E-state index in [2.05, 4.69) is 20.7 Å². The van der Waals surface area contributed by atoms with Crippen molar-refractivity contribution in [2.45, 2.75) is 19.6 Å². The number of hydrogen-bond donors (Lipinski definition) is 1. The van der Waals surface area contributed by atoms with Crippen LogP contribution >= 0.6 is 0 Å². The van der Waals surface area contributed by atoms with Gasteiger partial charge in [0, 0.05) is 18.0 Å². The number of rotatable bonds is 3. The number of nitrogens with zero attached hydrogens (tertiary/aromatic N) is 5. The molecule has 2 aromatic heterocycles. The van der Waals surface area contributed by atoms with E-state index in [1.54, 1.807) is 7.05 Å². The van der Waals surface area contributed by atoms with E-state index in [-0.39, 0.29) is 11.6 Å². The third kappa shape index (κ3) is 2.82. The molecule has 24 heavy (non-hydrogen) atoms. The number of tetrazole rings is 1. The van der Waals surface area contributed by atoms with Crippen LogP contribution in [0.4, 0.5) is 19.1 Å². The molecule has 1 aromatic carbocycles. The number of nitrogens with one attached hydrogen (secondary N) is 1. The molecule has 0 saturated heterocycles. The Morgan fingerprint density at radius 2 is 2.04 bits per heavy atom. The molecule has 126 valence electrons. The third-order valence-corrected chi connectivity index (χ3v) is 3.56. The maximum Gasteiger partial charge on any atom is 0.416 e. The van der Waals surface area contributed by atoms with Crippen LogP contribution in [0.15, 0.2) is 24.3 Å². The third-order valence-electron chi connectivity index (χ3n) is 3.56. The molecule has 3 aromatic rings. The number of halogens is 3. The Hall–Kier alpha value is -2.91. The normalized spacial score (nSPS) is 11.9. The summed E-state index contributed by atoms with van der Waals surface area (Å²) in [4.78, 5) is 13.6. The second kappa shape index (κ2) is 5.62. The number of anilines is 1. The highest BCUT2D eigenvalue weighted by atomic mass is 19.4. The van der Waals surface area contributed by atoms with Gasteiger partial charge < -0.3 is 4.57 Å². The van der Waals surface area contributed by atoms with E-state index >= 15 is 0 Å². The minimum absolute atomic E-state index is 0.0306. The van der Waals surface area contributed by atoms with Gasteiger partial charge in [0.15, 0.2) is 0 Å². The molecule has 0 radical (unpaired) electrons. The van der Waals surface area contributed by atoms with Crippen LogP contribution in [0.25, 0.3) is 10.9 Å². The Morgan fingerprint density at radius 3 is 2.67 bits per heavy atom. The predicted octanol–water partition coefficient (Wildman–Crippen LogP) is 2.46. The molecule has 7 nitrogen and oxygen atoms in total. The lowest BCUT2D eigenvalue weighted by molar-refractivity contribution is -0.137. The number of aryl methyl sites for hydroxylation is 2. The summed E-state index contributed by atoms with van der Waals surface area (Å²) >= 11 is 0. The van der Waals surface area contributed by atoms with E-state index in [1.807, 2.05) is 6.92 Å². The highest BCUT2D eigenvalue weighted by Gasteiger charge is 2.31. The van der Waals surface area contributed by atoms with Crippen LogP contribution in [-0.2, 0) is 19.8 Å². The number of benzene rings is 1. The lowest BCUT2D eigenvalue weighted by Gasteiger charge is -2.06. The van der Waals surface area contributed by atoms with Crippen LogP contribution in [0.3, 0.4) is 0 Å². The number of carbonyl (C=O) groups is 1. The van der Waals surface area contributed by atoms with Gasteiger partial charge in [0.2, 0.25) is 0 Å². The molecular weight excluding hydrogens is 325 g/mol. The fraction of sp³-hybridized carbons (Fsp3) is 0.286. The largest absolute Gasteiger partial charge is 0.416 e. The van der Waals surface area contributed by atoms with Gasteiger partial charge in [-0.25, -0.2) is 0 Å². The summed E-state index contributed by atoms with van der Waals surface area (Å²) in [5.74, 6) is -0.499. The maximum atomic E-state index is 12.8. The second-order valence-corrected chi connectivity index (χ2v) is 5.12. The first-order valence-electron chi connectivity index (χ1n) is 7.05. The summed E-state index contributed by atoms with van der Waals surface area (Å²) in [5.41, 5.74) is -0.0596. The van der Waals surface area contributed by atoms with Gasteiger partial charge in [0.1, 0.15) is 5.69 Å². The number of hydrogen-bond acceptors (Lipinski definition) is 4. The van der Waals surface area contributed by atoms with Gasteiger partial charge in [0.25, 0.3) is 11.9 Å². The average Bonchev–Trinajstić information content (AvgIpc) is 3.10. The first-order chi connectivity index (χ1) is 11.3. The van der Waals surface area contributed by atoms with Crippen molar-refractivity contribution < 1.29 is 18.0 Å². The van der Waals surface area contributed by atoms with Gasteiger partial charge in [-0.15, -0.1) is 5.10 Å². The van der Waals surface area contributed by atoms with Gasteiger partial charge in [-0.1, -0.05) is 5.10 Å². The zero-order valence-electron chi connectivity index (χ0n) is 12.8. The molecule has 0 unspecified atom stereocenters. The van der Waals surface area contributed by atoms with E-state index in [0.717, 1.165) is 12.1 Å². The van der Waals surface area contributed by atoms with E-state index in [9.17, 15) is 18.0 Å². The molecule has 0 bridgehead atoms. The predicted molar refractivity (Wildman–Crippen MR) is 79.4 cm³/mol. The number of carbonyl (C=O) groups excluding carboxylic acids is 1. The van der Waals surface area contributed by atoms with Crippen molar-refractivity contribution in [3.8, 4) is 0 Å². The summed E-state index contributed by atoms with van der Waals surface area (Å²) in [7, 11) is 1.60. The van der Waals surface area contributed by atoms with E-state index in [4.69, 9.17) is 0 Å². The van der Waals surface area contributed by atoms with Crippen molar-refractivity contribution in [2.24, 2.45) is 7.05 Å². The van der Waals surface area contributed by atoms with Crippen molar-refractivity contribution >= 4 is 22.8 Å². The molecule has 0 aliphatic rings. The van der Waals surface area contributed by atoms with Gasteiger partial charge in [-0.05, 0) is 36.4 Å². The minimum Gasteiger partial charge on any atom is -0.340 e. The van der Waals surface area contributed by atoms with Crippen LogP contribution in [0, 0.1) is 0 Å². The number of fused-ring (bicyclic) bond motifs is 1. The van der Waals surface area contributed by atoms with Crippen molar-refractivity contribution in [3.63, 3.8) is 0 Å². The number of aromatic nitrogens is 5. The van der Waals surface area contributed by atoms with Gasteiger partial charge in [0.05, 0.1) is 12.1 Å². The minimum atomic E-state index is -4.44. The summed E-state index contributed by atoms with van der Waals surface area (Å²) in [6.07, 6.45) is -4.44. The van der Waals surface area contributed by atoms with Crippen LogP contribution in [0.5, 0.6) is 0 Å². The Balaban J connectivity index is 1.94. The summed E-state index contributed by atoms with van der Waals surface area (Å²) in [5, 5.41) is 14.1. The van der Waals surface area contributed by atoms with Gasteiger partial charge >= 0.3 is 6.18 Å². The number of amides is 1. The second-order valence-electron chi connectivity index (χ2n) is 5.12. The molecule has 1 amide bonds. The van der Waals surface area contributed by atoms with Crippen LogP contribution in [0.1, 0.15) is 23.0 Å². The average molecular weight is 338 g/mol. The topological polar surface area (TPSA) is 77.6 Å². The standard InChI is InChI=1S/C14H13F3N6O/c1-3-23-20-13(19-21-23)18-12(24)11-7-8-6-9(14(15,16)17)4-5-10(8)22(11)2/h4-7H,3H2,1-2H3,(H,18,20,24). The van der Waals surface area contributed by atoms with Gasteiger partial charge in [-0.2, -0.15) is 18.0 Å². The molecule has 1 N–H and O–H groups in total. The van der Waals surface area contributed by atoms with Crippen molar-refractivity contribution in [1.82, 2.24) is 24.8 Å². The van der Waals surface area contributed by atoms with E-state index in [1.165, 1.54) is 21.5 Å². The molecule has 3 rings (SSSR count). The molecule has 10 heteroatoms. The Morgan fingerprint density at radius 1 is 1.29 bits per heavy atom. The molecule has 0 spiro atoms. The molecule has 0 atom stereocenters. The van der Waals surface area contributed by atoms with Crippen molar-refractivity contribution in [2.75, 3.05) is 5.32 Å². The van der Waals surface area contributed by atoms with Gasteiger partial charge in [-0.3, -0.25) is 10.1 Å². The molecule has 0 fully saturated rings. The molecular formula is C14H13F3N6O. The summed E-state index contributed by atoms with van der Waals surface area (Å²) in [6.45, 7) is 2.31. The SMILES string of the molecule is CCn1nnc(NC(=O)c2cc3cc(C(F)(F)F)ccc3n2C)n1. The molecule has 2 heterocycles. The quantitative estimate of drug-likeness (QED) is 0.796. The first kappa shape index (κ1) is 16.0.